The van der Waals surface area contributed by atoms with E-state index < -0.39 is 8.32 Å². The highest BCUT2D eigenvalue weighted by Gasteiger charge is 2.37. The van der Waals surface area contributed by atoms with Gasteiger partial charge in [-0.1, -0.05) is 76.7 Å². The zero-order chi connectivity index (χ0) is 21.7. The summed E-state index contributed by atoms with van der Waals surface area (Å²) in [6.45, 7) is 10.2. The highest BCUT2D eigenvalue weighted by atomic mass is 28.4. The topological polar surface area (TPSA) is 58.6 Å². The van der Waals surface area contributed by atoms with Gasteiger partial charge in [-0.05, 0) is 44.5 Å². The molecule has 0 aromatic carbocycles. The lowest BCUT2D eigenvalue weighted by molar-refractivity contribution is -0.120. The van der Waals surface area contributed by atoms with Gasteiger partial charge in [-0.3, -0.25) is 4.79 Å². The molecule has 0 heterocycles. The molecule has 0 aromatic rings. The van der Waals surface area contributed by atoms with Crippen LogP contribution in [0.5, 0.6) is 0 Å². The second-order valence-electron chi connectivity index (χ2n) is 9.73. The van der Waals surface area contributed by atoms with Crippen LogP contribution < -0.4 is 5.32 Å². The molecule has 0 fully saturated rings. The van der Waals surface area contributed by atoms with Crippen molar-refractivity contribution in [1.82, 2.24) is 5.32 Å². The zero-order valence-corrected chi connectivity index (χ0v) is 20.8. The fourth-order valence-electron chi connectivity index (χ4n) is 3.99. The molecule has 0 aliphatic heterocycles. The summed E-state index contributed by atoms with van der Waals surface area (Å²) in [5, 5.41) is 12.7. The van der Waals surface area contributed by atoms with Crippen molar-refractivity contribution in [2.24, 2.45) is 0 Å². The van der Waals surface area contributed by atoms with Crippen LogP contribution in [0.25, 0.3) is 0 Å². The van der Waals surface area contributed by atoms with Crippen LogP contribution in [-0.4, -0.2) is 38.1 Å². The predicted molar refractivity (Wildman–Crippen MR) is 126 cm³/mol. The monoisotopic (exact) mass is 425 g/mol. The Balaban J connectivity index is 2.29. The third-order valence-electron chi connectivity index (χ3n) is 5.59. The van der Waals surface area contributed by atoms with E-state index in [-0.39, 0.29) is 24.7 Å². The van der Waals surface area contributed by atoms with E-state index in [0.29, 0.717) is 0 Å². The molecule has 0 saturated carbocycles. The first kappa shape index (κ1) is 26.4. The van der Waals surface area contributed by atoms with Gasteiger partial charge in [0.05, 0.1) is 18.8 Å². The number of aliphatic hydroxyl groups excluding tert-OH is 1. The maximum Gasteiger partial charge on any atom is 0.217 e. The molecular formula is C24H47NO3Si. The van der Waals surface area contributed by atoms with E-state index in [4.69, 9.17) is 4.43 Å². The highest BCUT2D eigenvalue weighted by Crippen LogP contribution is 2.40. The Labute approximate surface area is 181 Å². The van der Waals surface area contributed by atoms with Crippen LogP contribution in [0.15, 0.2) is 11.1 Å². The number of amides is 1. The molecule has 0 saturated heterocycles. The Hall–Kier alpha value is -0.653. The smallest absolute Gasteiger partial charge is 0.217 e. The third-order valence-corrected chi connectivity index (χ3v) is 6.55. The fourth-order valence-corrected chi connectivity index (χ4v) is 5.06. The lowest BCUT2D eigenvalue weighted by atomic mass is 10.0. The van der Waals surface area contributed by atoms with Gasteiger partial charge in [0.1, 0.15) is 0 Å². The van der Waals surface area contributed by atoms with Gasteiger partial charge in [0.2, 0.25) is 5.91 Å². The number of hydrogen-bond donors (Lipinski definition) is 2. The quantitative estimate of drug-likeness (QED) is 0.158. The Morgan fingerprint density at radius 1 is 1.00 bits per heavy atom. The van der Waals surface area contributed by atoms with Crippen molar-refractivity contribution in [3.63, 3.8) is 0 Å². The number of aliphatic hydroxyl groups is 1. The maximum atomic E-state index is 11.5. The number of hydrogen-bond acceptors (Lipinski definition) is 3. The highest BCUT2D eigenvalue weighted by molar-refractivity contribution is 6.69. The van der Waals surface area contributed by atoms with Gasteiger partial charge in [-0.25, -0.2) is 0 Å². The van der Waals surface area contributed by atoms with Crippen molar-refractivity contribution < 1.29 is 14.3 Å². The first-order valence-electron chi connectivity index (χ1n) is 12.0. The molecule has 170 valence electrons. The van der Waals surface area contributed by atoms with Gasteiger partial charge in [0.25, 0.3) is 0 Å². The molecule has 1 aliphatic carbocycles. The number of carbonyl (C=O) groups is 1. The third kappa shape index (κ3) is 12.6. The average Bonchev–Trinajstić information content (AvgIpc) is 3.41. The van der Waals surface area contributed by atoms with Crippen LogP contribution >= 0.6 is 0 Å². The first-order chi connectivity index (χ1) is 13.8. The Morgan fingerprint density at radius 2 is 1.52 bits per heavy atom. The summed E-state index contributed by atoms with van der Waals surface area (Å²) in [4.78, 5) is 11.5. The minimum Gasteiger partial charge on any atom is -0.409 e. The molecule has 1 amide bonds. The summed E-state index contributed by atoms with van der Waals surface area (Å²) in [7, 11) is -1.77. The normalized spacial score (nSPS) is 16.1. The molecule has 29 heavy (non-hydrogen) atoms. The lowest BCUT2D eigenvalue weighted by Gasteiger charge is -2.31. The van der Waals surface area contributed by atoms with Crippen LogP contribution in [0.3, 0.4) is 0 Å². The first-order valence-corrected chi connectivity index (χ1v) is 15.5. The molecular weight excluding hydrogens is 378 g/mol. The van der Waals surface area contributed by atoms with Gasteiger partial charge in [-0.15, -0.1) is 0 Å². The van der Waals surface area contributed by atoms with Crippen LogP contribution in [-0.2, 0) is 9.22 Å². The SMILES string of the molecule is CCCCCCCCCCCCCC1=C([C@@H](O[Si](C)(C)C)[C@H](CO)NC(C)=O)C1. The summed E-state index contributed by atoms with van der Waals surface area (Å²) in [5.74, 6) is -0.110. The number of allylic oxidation sites excluding steroid dienone is 1. The number of nitrogens with one attached hydrogen (secondary N) is 1. The molecule has 2 N–H and O–H groups in total. The van der Waals surface area contributed by atoms with Crippen molar-refractivity contribution in [3.05, 3.63) is 11.1 Å². The molecule has 0 bridgehead atoms. The van der Waals surface area contributed by atoms with Gasteiger partial charge in [-0.2, -0.15) is 0 Å². The van der Waals surface area contributed by atoms with Gasteiger partial charge < -0.3 is 14.8 Å². The second-order valence-corrected chi connectivity index (χ2v) is 14.2. The molecule has 0 spiro atoms. The van der Waals surface area contributed by atoms with E-state index in [2.05, 4.69) is 31.9 Å². The summed E-state index contributed by atoms with van der Waals surface area (Å²) < 4.78 is 6.36. The molecule has 0 aromatic heterocycles. The van der Waals surface area contributed by atoms with Crippen molar-refractivity contribution >= 4 is 14.2 Å². The van der Waals surface area contributed by atoms with Crippen LogP contribution in [0.1, 0.15) is 97.3 Å². The molecule has 0 radical (unpaired) electrons. The van der Waals surface area contributed by atoms with E-state index in [1.807, 2.05) is 0 Å². The van der Waals surface area contributed by atoms with Crippen LogP contribution in [0.2, 0.25) is 19.6 Å². The Bertz CT molecular complexity index is 499. The summed E-state index contributed by atoms with van der Waals surface area (Å²) in [6, 6.07) is -0.330. The Kier molecular flexibility index (Phi) is 13.1. The van der Waals surface area contributed by atoms with E-state index in [1.54, 1.807) is 0 Å². The molecule has 1 rings (SSSR count). The van der Waals surface area contributed by atoms with E-state index in [0.717, 1.165) is 12.8 Å². The number of carbonyl (C=O) groups excluding carboxylic acids is 1. The predicted octanol–water partition coefficient (Wildman–Crippen LogP) is 6.10. The van der Waals surface area contributed by atoms with Crippen LogP contribution in [0, 0.1) is 0 Å². The second kappa shape index (κ2) is 14.4. The molecule has 5 heteroatoms. The maximum absolute atomic E-state index is 11.5. The molecule has 2 atom stereocenters. The summed E-state index contributed by atoms with van der Waals surface area (Å²) in [6.07, 6.45) is 17.0. The standard InChI is InChI=1S/C24H47NO3Si/c1-6-7-8-9-10-11-12-13-14-15-16-17-21-18-22(21)24(28-29(3,4)5)23(19-26)25-20(2)27/h23-24,26H,6-19H2,1-5H3,(H,25,27)/t23-,24+/m0/s1. The summed E-state index contributed by atoms with van der Waals surface area (Å²) in [5.41, 5.74) is 2.82. The summed E-state index contributed by atoms with van der Waals surface area (Å²) >= 11 is 0. The minimum absolute atomic E-state index is 0.0794. The number of rotatable bonds is 18. The van der Waals surface area contributed by atoms with Gasteiger partial charge >= 0.3 is 0 Å². The largest absolute Gasteiger partial charge is 0.409 e. The van der Waals surface area contributed by atoms with Gasteiger partial charge in [0.15, 0.2) is 8.32 Å². The van der Waals surface area contributed by atoms with Crippen LogP contribution in [0.4, 0.5) is 0 Å². The van der Waals surface area contributed by atoms with E-state index in [1.165, 1.54) is 88.7 Å². The zero-order valence-electron chi connectivity index (χ0n) is 19.8. The van der Waals surface area contributed by atoms with E-state index >= 15 is 0 Å². The van der Waals surface area contributed by atoms with Gasteiger partial charge in [0, 0.05) is 6.92 Å². The van der Waals surface area contributed by atoms with Crippen molar-refractivity contribution in [2.75, 3.05) is 6.61 Å². The average molecular weight is 426 g/mol. The molecule has 0 unspecified atom stereocenters. The number of unbranched alkanes of at least 4 members (excludes halogenated alkanes) is 10. The van der Waals surface area contributed by atoms with Crippen molar-refractivity contribution in [3.8, 4) is 0 Å². The Morgan fingerprint density at radius 3 is 1.97 bits per heavy atom. The fraction of sp³-hybridized carbons (Fsp3) is 0.875. The molecule has 4 nitrogen and oxygen atoms in total. The lowest BCUT2D eigenvalue weighted by Crippen LogP contribution is -2.49. The molecule has 1 aliphatic rings. The van der Waals surface area contributed by atoms with Crippen molar-refractivity contribution in [2.45, 2.75) is 129 Å². The van der Waals surface area contributed by atoms with E-state index in [9.17, 15) is 9.90 Å². The van der Waals surface area contributed by atoms with Crippen molar-refractivity contribution in [1.29, 1.82) is 0 Å². The minimum atomic E-state index is -1.77.